The van der Waals surface area contributed by atoms with Gasteiger partial charge in [0.05, 0.1) is 17.9 Å². The third-order valence-electron chi connectivity index (χ3n) is 4.94. The first-order valence-corrected chi connectivity index (χ1v) is 7.94. The highest BCUT2D eigenvalue weighted by Crippen LogP contribution is 2.39. The minimum Gasteiger partial charge on any atom is -0.372 e. The van der Waals surface area contributed by atoms with Crippen LogP contribution in [-0.4, -0.2) is 53.5 Å². The summed E-state index contributed by atoms with van der Waals surface area (Å²) in [6.07, 6.45) is 4.93. The van der Waals surface area contributed by atoms with E-state index < -0.39 is 0 Å². The van der Waals surface area contributed by atoms with Crippen molar-refractivity contribution in [2.75, 3.05) is 32.8 Å². The molecular weight excluding hydrogens is 323 g/mol. The first kappa shape index (κ1) is 18.0. The van der Waals surface area contributed by atoms with Gasteiger partial charge in [-0.2, -0.15) is 5.10 Å². The quantitative estimate of drug-likeness (QED) is 0.877. The average Bonchev–Trinajstić information content (AvgIpc) is 3.23. The highest BCUT2D eigenvalue weighted by atomic mass is 35.5. The number of ether oxygens (including phenoxy) is 1. The van der Waals surface area contributed by atoms with E-state index in [1.165, 1.54) is 24.2 Å². The van der Waals surface area contributed by atoms with Crippen molar-refractivity contribution in [2.45, 2.75) is 43.7 Å². The highest BCUT2D eigenvalue weighted by molar-refractivity contribution is 5.85. The molecule has 1 spiro atoms. The zero-order chi connectivity index (χ0) is 13.4. The molecule has 1 aromatic rings. The van der Waals surface area contributed by atoms with Gasteiger partial charge in [-0.1, -0.05) is 0 Å². The molecule has 2 N–H and O–H groups in total. The Morgan fingerprint density at radius 3 is 2.68 bits per heavy atom. The maximum absolute atomic E-state index is 6.04. The smallest absolute Gasteiger partial charge is 0.0831 e. The number of aromatic amines is 1. The van der Waals surface area contributed by atoms with Gasteiger partial charge in [-0.25, -0.2) is 0 Å². The molecule has 3 fully saturated rings. The van der Waals surface area contributed by atoms with Gasteiger partial charge in [-0.05, 0) is 31.7 Å². The molecular formula is C15H26Cl2N4O. The molecule has 3 heterocycles. The number of hydrogen-bond donors (Lipinski definition) is 2. The third kappa shape index (κ3) is 3.95. The van der Waals surface area contributed by atoms with E-state index in [-0.39, 0.29) is 30.4 Å². The SMILES string of the molecule is Cl.Cl.c1c(C2CC2)n[nH]c1CN1CCC2(CC1)CNCCO2. The normalized spacial score (nSPS) is 24.5. The third-order valence-corrected chi connectivity index (χ3v) is 4.94. The summed E-state index contributed by atoms with van der Waals surface area (Å²) in [6, 6.07) is 2.26. The fourth-order valence-electron chi connectivity index (χ4n) is 3.44. The van der Waals surface area contributed by atoms with Gasteiger partial charge in [0.2, 0.25) is 0 Å². The van der Waals surface area contributed by atoms with E-state index in [0.29, 0.717) is 0 Å². The maximum Gasteiger partial charge on any atom is 0.0831 e. The Kier molecular flexibility index (Phi) is 6.14. The van der Waals surface area contributed by atoms with E-state index in [2.05, 4.69) is 26.5 Å². The lowest BCUT2D eigenvalue weighted by atomic mass is 9.90. The van der Waals surface area contributed by atoms with Crippen molar-refractivity contribution in [3.63, 3.8) is 0 Å². The minimum absolute atomic E-state index is 0. The molecule has 4 rings (SSSR count). The second-order valence-electron chi connectivity index (χ2n) is 6.58. The molecule has 0 radical (unpaired) electrons. The Balaban J connectivity index is 0.000000882. The Morgan fingerprint density at radius 1 is 1.27 bits per heavy atom. The van der Waals surface area contributed by atoms with E-state index in [9.17, 15) is 0 Å². The molecule has 1 aromatic heterocycles. The van der Waals surface area contributed by atoms with Crippen LogP contribution in [0, 0.1) is 0 Å². The van der Waals surface area contributed by atoms with Gasteiger partial charge >= 0.3 is 0 Å². The summed E-state index contributed by atoms with van der Waals surface area (Å²) in [7, 11) is 0. The zero-order valence-corrected chi connectivity index (χ0v) is 14.5. The Bertz CT molecular complexity index is 462. The lowest BCUT2D eigenvalue weighted by Gasteiger charge is -2.44. The number of likely N-dealkylation sites (tertiary alicyclic amines) is 1. The standard InChI is InChI=1S/C15H24N4O.2ClH/c1-2-12(1)14-9-13(17-18-14)10-19-6-3-15(4-7-19)11-16-5-8-20-15;;/h9,12,16H,1-8,10-11H2,(H,17,18);2*1H. The molecule has 126 valence electrons. The second-order valence-corrected chi connectivity index (χ2v) is 6.58. The van der Waals surface area contributed by atoms with E-state index in [0.717, 1.165) is 58.1 Å². The van der Waals surface area contributed by atoms with Crippen LogP contribution in [0.5, 0.6) is 0 Å². The van der Waals surface area contributed by atoms with Crippen LogP contribution in [0.25, 0.3) is 0 Å². The molecule has 0 unspecified atom stereocenters. The summed E-state index contributed by atoms with van der Waals surface area (Å²) in [4.78, 5) is 2.52. The van der Waals surface area contributed by atoms with Crippen molar-refractivity contribution in [1.82, 2.24) is 20.4 Å². The monoisotopic (exact) mass is 348 g/mol. The number of rotatable bonds is 3. The van der Waals surface area contributed by atoms with E-state index >= 15 is 0 Å². The molecule has 5 nitrogen and oxygen atoms in total. The summed E-state index contributed by atoms with van der Waals surface area (Å²) in [5, 5.41) is 11.1. The predicted molar refractivity (Wildman–Crippen MR) is 91.1 cm³/mol. The van der Waals surface area contributed by atoms with Crippen molar-refractivity contribution in [1.29, 1.82) is 0 Å². The van der Waals surface area contributed by atoms with Crippen molar-refractivity contribution in [3.8, 4) is 0 Å². The number of piperidine rings is 1. The molecule has 0 bridgehead atoms. The molecule has 2 aliphatic heterocycles. The first-order chi connectivity index (χ1) is 9.83. The molecule has 1 aliphatic carbocycles. The van der Waals surface area contributed by atoms with E-state index in [1.807, 2.05) is 0 Å². The molecule has 22 heavy (non-hydrogen) atoms. The van der Waals surface area contributed by atoms with Crippen molar-refractivity contribution in [2.24, 2.45) is 0 Å². The predicted octanol–water partition coefficient (Wildman–Crippen LogP) is 2.09. The van der Waals surface area contributed by atoms with Gasteiger partial charge in [0.25, 0.3) is 0 Å². The van der Waals surface area contributed by atoms with Crippen LogP contribution in [0.1, 0.15) is 43.0 Å². The molecule has 0 atom stereocenters. The fourth-order valence-corrected chi connectivity index (χ4v) is 3.44. The summed E-state index contributed by atoms with van der Waals surface area (Å²) >= 11 is 0. The lowest BCUT2D eigenvalue weighted by Crippen LogP contribution is -2.55. The lowest BCUT2D eigenvalue weighted by molar-refractivity contribution is -0.101. The van der Waals surface area contributed by atoms with Crippen LogP contribution < -0.4 is 5.32 Å². The topological polar surface area (TPSA) is 53.2 Å². The highest BCUT2D eigenvalue weighted by Gasteiger charge is 2.37. The molecule has 0 amide bonds. The maximum atomic E-state index is 6.04. The van der Waals surface area contributed by atoms with E-state index in [1.54, 1.807) is 0 Å². The average molecular weight is 349 g/mol. The van der Waals surface area contributed by atoms with Crippen LogP contribution in [0.4, 0.5) is 0 Å². The van der Waals surface area contributed by atoms with Gasteiger partial charge in [-0.3, -0.25) is 10.00 Å². The molecule has 7 heteroatoms. The van der Waals surface area contributed by atoms with Gasteiger partial charge in [0, 0.05) is 44.3 Å². The van der Waals surface area contributed by atoms with Crippen LogP contribution >= 0.6 is 24.8 Å². The largest absolute Gasteiger partial charge is 0.372 e. The number of halogens is 2. The van der Waals surface area contributed by atoms with Crippen molar-refractivity contribution in [3.05, 3.63) is 17.5 Å². The summed E-state index contributed by atoms with van der Waals surface area (Å²) in [5.74, 6) is 0.742. The molecule has 1 saturated carbocycles. The number of hydrogen-bond acceptors (Lipinski definition) is 4. The number of nitrogens with zero attached hydrogens (tertiary/aromatic N) is 2. The molecule has 2 saturated heterocycles. The number of aromatic nitrogens is 2. The number of morpholine rings is 1. The summed E-state index contributed by atoms with van der Waals surface area (Å²) in [5.41, 5.74) is 2.65. The van der Waals surface area contributed by atoms with Crippen molar-refractivity contribution >= 4 is 24.8 Å². The second kappa shape index (κ2) is 7.49. The zero-order valence-electron chi connectivity index (χ0n) is 12.8. The molecule has 3 aliphatic rings. The van der Waals surface area contributed by atoms with Crippen molar-refractivity contribution < 1.29 is 4.74 Å². The Morgan fingerprint density at radius 2 is 2.05 bits per heavy atom. The number of nitrogens with one attached hydrogen (secondary N) is 2. The van der Waals surface area contributed by atoms with Gasteiger partial charge in [0.15, 0.2) is 0 Å². The first-order valence-electron chi connectivity index (χ1n) is 7.94. The fraction of sp³-hybridized carbons (Fsp3) is 0.800. The van der Waals surface area contributed by atoms with Crippen LogP contribution in [0.15, 0.2) is 6.07 Å². The Hall–Kier alpha value is -0.330. The van der Waals surface area contributed by atoms with Crippen LogP contribution in [0.2, 0.25) is 0 Å². The molecule has 0 aromatic carbocycles. The minimum atomic E-state index is 0. The van der Waals surface area contributed by atoms with Crippen LogP contribution in [-0.2, 0) is 11.3 Å². The van der Waals surface area contributed by atoms with E-state index in [4.69, 9.17) is 4.74 Å². The van der Waals surface area contributed by atoms with Crippen LogP contribution in [0.3, 0.4) is 0 Å². The van der Waals surface area contributed by atoms with Gasteiger partial charge in [-0.15, -0.1) is 24.8 Å². The number of H-pyrrole nitrogens is 1. The van der Waals surface area contributed by atoms with Gasteiger partial charge < -0.3 is 10.1 Å². The summed E-state index contributed by atoms with van der Waals surface area (Å²) < 4.78 is 6.04. The Labute approximate surface area is 144 Å². The van der Waals surface area contributed by atoms with Gasteiger partial charge in [0.1, 0.15) is 0 Å². The summed E-state index contributed by atoms with van der Waals surface area (Å²) in [6.45, 7) is 6.15.